The maximum absolute atomic E-state index is 5.69. The van der Waals surface area contributed by atoms with Gasteiger partial charge < -0.3 is 15.0 Å². The number of aromatic nitrogens is 1. The van der Waals surface area contributed by atoms with Crippen molar-refractivity contribution in [2.45, 2.75) is 25.8 Å². The number of aromatic amines is 1. The van der Waals surface area contributed by atoms with E-state index in [2.05, 4.69) is 75.6 Å². The molecule has 3 aromatic rings. The van der Waals surface area contributed by atoms with Crippen LogP contribution in [0.4, 0.5) is 0 Å². The standard InChI is InChI=1S/C20H21BrN2O/c1-2-11-24-15-6-3-13(4-7-15)19-20-16(9-10-22-19)17-12-14(21)5-8-18(17)23-20/h3-8,12,19,22-23H,2,9-11H2,1H3. The maximum Gasteiger partial charge on any atom is 0.119 e. The molecule has 0 bridgehead atoms. The van der Waals surface area contributed by atoms with Gasteiger partial charge in [-0.3, -0.25) is 0 Å². The Labute approximate surface area is 150 Å². The first kappa shape index (κ1) is 15.7. The van der Waals surface area contributed by atoms with Crippen LogP contribution in [0.2, 0.25) is 0 Å². The van der Waals surface area contributed by atoms with Crippen LogP contribution in [0, 0.1) is 0 Å². The van der Waals surface area contributed by atoms with E-state index in [9.17, 15) is 0 Å². The topological polar surface area (TPSA) is 37.0 Å². The van der Waals surface area contributed by atoms with Crippen LogP contribution in [0.15, 0.2) is 46.9 Å². The van der Waals surface area contributed by atoms with E-state index in [1.165, 1.54) is 27.7 Å². The smallest absolute Gasteiger partial charge is 0.119 e. The zero-order valence-electron chi connectivity index (χ0n) is 13.7. The summed E-state index contributed by atoms with van der Waals surface area (Å²) in [4.78, 5) is 3.63. The van der Waals surface area contributed by atoms with Gasteiger partial charge in [-0.1, -0.05) is 35.0 Å². The van der Waals surface area contributed by atoms with E-state index in [1.807, 2.05) is 0 Å². The SMILES string of the molecule is CCCOc1ccc(C2NCCc3c2[nH]c2ccc(Br)cc32)cc1. The molecule has 1 unspecified atom stereocenters. The highest BCUT2D eigenvalue weighted by molar-refractivity contribution is 9.10. The largest absolute Gasteiger partial charge is 0.494 e. The Morgan fingerprint density at radius 2 is 2.00 bits per heavy atom. The van der Waals surface area contributed by atoms with Crippen molar-refractivity contribution in [2.75, 3.05) is 13.2 Å². The van der Waals surface area contributed by atoms with E-state index in [1.54, 1.807) is 0 Å². The van der Waals surface area contributed by atoms with E-state index in [4.69, 9.17) is 4.74 Å². The predicted molar refractivity (Wildman–Crippen MR) is 102 cm³/mol. The van der Waals surface area contributed by atoms with Gasteiger partial charge in [-0.05, 0) is 54.3 Å². The number of ether oxygens (including phenoxy) is 1. The molecule has 0 spiro atoms. The normalized spacial score (nSPS) is 17.0. The monoisotopic (exact) mass is 384 g/mol. The van der Waals surface area contributed by atoms with Crippen LogP contribution in [0.3, 0.4) is 0 Å². The van der Waals surface area contributed by atoms with Gasteiger partial charge in [-0.25, -0.2) is 0 Å². The molecule has 1 atom stereocenters. The van der Waals surface area contributed by atoms with Crippen LogP contribution >= 0.6 is 15.9 Å². The molecule has 4 rings (SSSR count). The van der Waals surface area contributed by atoms with E-state index in [0.717, 1.165) is 36.2 Å². The van der Waals surface area contributed by atoms with Gasteiger partial charge in [0.15, 0.2) is 0 Å². The second-order valence-electron chi connectivity index (χ2n) is 6.26. The van der Waals surface area contributed by atoms with Gasteiger partial charge in [0, 0.05) is 27.6 Å². The van der Waals surface area contributed by atoms with E-state index >= 15 is 0 Å². The summed E-state index contributed by atoms with van der Waals surface area (Å²) in [6, 6.07) is 15.1. The Hall–Kier alpha value is -1.78. The summed E-state index contributed by atoms with van der Waals surface area (Å²) in [5, 5.41) is 4.97. The fourth-order valence-electron chi connectivity index (χ4n) is 3.46. The second kappa shape index (κ2) is 6.61. The van der Waals surface area contributed by atoms with E-state index in [-0.39, 0.29) is 6.04 Å². The summed E-state index contributed by atoms with van der Waals surface area (Å²) < 4.78 is 6.82. The average molecular weight is 385 g/mol. The third-order valence-corrected chi connectivity index (χ3v) is 5.09. The van der Waals surface area contributed by atoms with Crippen LogP contribution in [-0.4, -0.2) is 18.1 Å². The fraction of sp³-hybridized carbons (Fsp3) is 0.300. The molecule has 0 radical (unpaired) electrons. The van der Waals surface area contributed by atoms with Gasteiger partial charge >= 0.3 is 0 Å². The number of rotatable bonds is 4. The molecule has 0 fully saturated rings. The molecule has 3 nitrogen and oxygen atoms in total. The third-order valence-electron chi connectivity index (χ3n) is 4.60. The average Bonchev–Trinajstić information content (AvgIpc) is 2.98. The molecule has 0 aliphatic carbocycles. The molecule has 4 heteroatoms. The lowest BCUT2D eigenvalue weighted by molar-refractivity contribution is 0.317. The molecule has 2 aromatic carbocycles. The number of hydrogen-bond acceptors (Lipinski definition) is 2. The van der Waals surface area contributed by atoms with Gasteiger partial charge in [0.1, 0.15) is 5.75 Å². The van der Waals surface area contributed by atoms with Crippen molar-refractivity contribution in [1.82, 2.24) is 10.3 Å². The van der Waals surface area contributed by atoms with Crippen molar-refractivity contribution in [3.8, 4) is 5.75 Å². The molecular weight excluding hydrogens is 364 g/mol. The Morgan fingerprint density at radius 1 is 1.17 bits per heavy atom. The lowest BCUT2D eigenvalue weighted by Gasteiger charge is -2.25. The Kier molecular flexibility index (Phi) is 4.33. The molecule has 2 N–H and O–H groups in total. The molecule has 24 heavy (non-hydrogen) atoms. The highest BCUT2D eigenvalue weighted by atomic mass is 79.9. The van der Waals surface area contributed by atoms with Crippen LogP contribution < -0.4 is 10.1 Å². The molecule has 2 heterocycles. The Morgan fingerprint density at radius 3 is 2.79 bits per heavy atom. The lowest BCUT2D eigenvalue weighted by Crippen LogP contribution is -2.30. The quantitative estimate of drug-likeness (QED) is 0.667. The summed E-state index contributed by atoms with van der Waals surface area (Å²) >= 11 is 3.59. The zero-order valence-corrected chi connectivity index (χ0v) is 15.3. The summed E-state index contributed by atoms with van der Waals surface area (Å²) in [5.41, 5.74) is 5.20. The van der Waals surface area contributed by atoms with Gasteiger partial charge in [0.25, 0.3) is 0 Å². The summed E-state index contributed by atoms with van der Waals surface area (Å²) in [6.45, 7) is 3.88. The van der Waals surface area contributed by atoms with Crippen molar-refractivity contribution in [3.63, 3.8) is 0 Å². The molecule has 1 aliphatic heterocycles. The number of hydrogen-bond donors (Lipinski definition) is 2. The van der Waals surface area contributed by atoms with Crippen LogP contribution in [0.25, 0.3) is 10.9 Å². The van der Waals surface area contributed by atoms with Gasteiger partial charge in [0.2, 0.25) is 0 Å². The Balaban J connectivity index is 1.70. The minimum atomic E-state index is 0.208. The molecule has 1 aromatic heterocycles. The first-order valence-corrected chi connectivity index (χ1v) is 9.31. The Bertz CT molecular complexity index is 854. The summed E-state index contributed by atoms with van der Waals surface area (Å²) in [7, 11) is 0. The number of H-pyrrole nitrogens is 1. The van der Waals surface area contributed by atoms with Crippen molar-refractivity contribution in [1.29, 1.82) is 0 Å². The predicted octanol–water partition coefficient (Wildman–Crippen LogP) is 4.95. The molecule has 124 valence electrons. The minimum Gasteiger partial charge on any atom is -0.494 e. The van der Waals surface area contributed by atoms with E-state index < -0.39 is 0 Å². The van der Waals surface area contributed by atoms with Gasteiger partial charge in [-0.15, -0.1) is 0 Å². The highest BCUT2D eigenvalue weighted by Gasteiger charge is 2.25. The van der Waals surface area contributed by atoms with Crippen LogP contribution in [0.1, 0.15) is 36.2 Å². The number of fused-ring (bicyclic) bond motifs is 3. The zero-order chi connectivity index (χ0) is 16.5. The number of benzene rings is 2. The molecular formula is C20H21BrN2O. The van der Waals surface area contributed by atoms with Crippen molar-refractivity contribution >= 4 is 26.8 Å². The van der Waals surface area contributed by atoms with Crippen molar-refractivity contribution in [3.05, 3.63) is 63.8 Å². The maximum atomic E-state index is 5.69. The number of halogens is 1. The first-order chi connectivity index (χ1) is 11.8. The molecule has 0 saturated heterocycles. The van der Waals surface area contributed by atoms with Crippen molar-refractivity contribution < 1.29 is 4.74 Å². The molecule has 0 saturated carbocycles. The molecule has 1 aliphatic rings. The highest BCUT2D eigenvalue weighted by Crippen LogP contribution is 2.35. The fourth-order valence-corrected chi connectivity index (χ4v) is 3.82. The molecule has 0 amide bonds. The first-order valence-electron chi connectivity index (χ1n) is 8.52. The second-order valence-corrected chi connectivity index (χ2v) is 7.18. The summed E-state index contributed by atoms with van der Waals surface area (Å²) in [5.74, 6) is 0.942. The van der Waals surface area contributed by atoms with Gasteiger partial charge in [0.05, 0.1) is 12.6 Å². The van der Waals surface area contributed by atoms with E-state index in [0.29, 0.717) is 0 Å². The minimum absolute atomic E-state index is 0.208. The van der Waals surface area contributed by atoms with Gasteiger partial charge in [-0.2, -0.15) is 0 Å². The number of nitrogens with one attached hydrogen (secondary N) is 2. The van der Waals surface area contributed by atoms with Crippen LogP contribution in [0.5, 0.6) is 5.75 Å². The lowest BCUT2D eigenvalue weighted by atomic mass is 9.94. The van der Waals surface area contributed by atoms with Crippen LogP contribution in [-0.2, 0) is 6.42 Å². The van der Waals surface area contributed by atoms with Crippen molar-refractivity contribution in [2.24, 2.45) is 0 Å². The summed E-state index contributed by atoms with van der Waals surface area (Å²) in [6.07, 6.45) is 2.08. The third kappa shape index (κ3) is 2.85.